The highest BCUT2D eigenvalue weighted by Gasteiger charge is 2.16. The summed E-state index contributed by atoms with van der Waals surface area (Å²) in [5.41, 5.74) is 0.668. The molecular formula is C14H16BrClN4O. The molecule has 112 valence electrons. The molecule has 0 bridgehead atoms. The standard InChI is InChI=1S/C14H16BrClN4O/c15-12-13(16)17-9-19(14(12)21)8-10-6-7-20(18-10)11-4-2-1-3-5-11/h6-7,9,11H,1-5,8H2. The van der Waals surface area contributed by atoms with E-state index in [1.54, 1.807) is 0 Å². The second-order valence-corrected chi connectivity index (χ2v) is 6.51. The topological polar surface area (TPSA) is 52.7 Å². The minimum Gasteiger partial charge on any atom is -0.292 e. The van der Waals surface area contributed by atoms with Crippen molar-refractivity contribution in [1.29, 1.82) is 0 Å². The zero-order valence-electron chi connectivity index (χ0n) is 11.5. The predicted octanol–water partition coefficient (Wildman–Crippen LogP) is 3.41. The smallest absolute Gasteiger partial charge is 0.269 e. The normalized spacial score (nSPS) is 16.3. The number of rotatable bonds is 3. The van der Waals surface area contributed by atoms with Crippen LogP contribution in [0.5, 0.6) is 0 Å². The summed E-state index contributed by atoms with van der Waals surface area (Å²) < 4.78 is 3.83. The van der Waals surface area contributed by atoms with Gasteiger partial charge in [-0.1, -0.05) is 30.9 Å². The first kappa shape index (κ1) is 14.8. The van der Waals surface area contributed by atoms with E-state index in [1.807, 2.05) is 16.9 Å². The van der Waals surface area contributed by atoms with Gasteiger partial charge in [-0.3, -0.25) is 14.0 Å². The molecule has 0 radical (unpaired) electrons. The summed E-state index contributed by atoms with van der Waals surface area (Å²) in [7, 11) is 0. The Kier molecular flexibility index (Phi) is 4.45. The van der Waals surface area contributed by atoms with Crippen molar-refractivity contribution in [1.82, 2.24) is 19.3 Å². The molecule has 2 aromatic rings. The van der Waals surface area contributed by atoms with E-state index in [0.29, 0.717) is 17.1 Å². The SMILES string of the molecule is O=c1c(Br)c(Cl)ncn1Cc1ccn(C2CCCCC2)n1. The van der Waals surface area contributed by atoms with Gasteiger partial charge in [-0.05, 0) is 34.8 Å². The van der Waals surface area contributed by atoms with Crippen LogP contribution in [0, 0.1) is 0 Å². The van der Waals surface area contributed by atoms with Crippen LogP contribution in [-0.4, -0.2) is 19.3 Å². The summed E-state index contributed by atoms with van der Waals surface area (Å²) in [4.78, 5) is 16.0. The van der Waals surface area contributed by atoms with Crippen LogP contribution in [-0.2, 0) is 6.54 Å². The lowest BCUT2D eigenvalue weighted by Gasteiger charge is -2.21. The zero-order valence-corrected chi connectivity index (χ0v) is 13.8. The van der Waals surface area contributed by atoms with Crippen molar-refractivity contribution < 1.29 is 0 Å². The minimum absolute atomic E-state index is 0.184. The van der Waals surface area contributed by atoms with Gasteiger partial charge in [0.25, 0.3) is 5.56 Å². The Hall–Kier alpha value is -1.14. The molecule has 0 atom stereocenters. The zero-order chi connectivity index (χ0) is 14.8. The van der Waals surface area contributed by atoms with E-state index in [0.717, 1.165) is 5.69 Å². The van der Waals surface area contributed by atoms with Crippen molar-refractivity contribution in [2.75, 3.05) is 0 Å². The third-order valence-electron chi connectivity index (χ3n) is 3.88. The fourth-order valence-corrected chi connectivity index (χ4v) is 3.20. The predicted molar refractivity (Wildman–Crippen MR) is 84.7 cm³/mol. The third kappa shape index (κ3) is 3.21. The summed E-state index contributed by atoms with van der Waals surface area (Å²) in [5, 5.41) is 4.79. The molecule has 0 spiro atoms. The average molecular weight is 372 g/mol. The van der Waals surface area contributed by atoms with Gasteiger partial charge in [-0.25, -0.2) is 4.98 Å². The average Bonchev–Trinajstić information content (AvgIpc) is 2.97. The van der Waals surface area contributed by atoms with Crippen molar-refractivity contribution in [2.45, 2.75) is 44.7 Å². The highest BCUT2D eigenvalue weighted by atomic mass is 79.9. The van der Waals surface area contributed by atoms with Gasteiger partial charge in [0.2, 0.25) is 0 Å². The first-order valence-corrected chi connectivity index (χ1v) is 8.26. The Morgan fingerprint density at radius 1 is 1.33 bits per heavy atom. The van der Waals surface area contributed by atoms with Crippen LogP contribution in [0.15, 0.2) is 27.9 Å². The summed E-state index contributed by atoms with van der Waals surface area (Å²) in [6.45, 7) is 0.404. The van der Waals surface area contributed by atoms with Crippen molar-refractivity contribution in [3.8, 4) is 0 Å². The van der Waals surface area contributed by atoms with E-state index < -0.39 is 0 Å². The first-order valence-electron chi connectivity index (χ1n) is 7.09. The molecule has 1 saturated carbocycles. The molecule has 1 fully saturated rings. The van der Waals surface area contributed by atoms with E-state index in [1.165, 1.54) is 43.0 Å². The van der Waals surface area contributed by atoms with Gasteiger partial charge >= 0.3 is 0 Å². The Morgan fingerprint density at radius 2 is 2.10 bits per heavy atom. The Balaban J connectivity index is 1.78. The van der Waals surface area contributed by atoms with E-state index in [2.05, 4.69) is 26.0 Å². The maximum absolute atomic E-state index is 12.1. The van der Waals surface area contributed by atoms with Crippen molar-refractivity contribution in [3.63, 3.8) is 0 Å². The summed E-state index contributed by atoms with van der Waals surface area (Å²) in [6, 6.07) is 2.46. The Bertz CT molecular complexity index is 691. The van der Waals surface area contributed by atoms with Gasteiger partial charge < -0.3 is 0 Å². The summed E-state index contributed by atoms with van der Waals surface area (Å²) in [6.07, 6.45) is 9.71. The molecule has 21 heavy (non-hydrogen) atoms. The monoisotopic (exact) mass is 370 g/mol. The van der Waals surface area contributed by atoms with Crippen LogP contribution in [0.1, 0.15) is 43.8 Å². The third-order valence-corrected chi connectivity index (χ3v) is 5.11. The van der Waals surface area contributed by atoms with Gasteiger partial charge in [0.1, 0.15) is 4.47 Å². The molecule has 0 N–H and O–H groups in total. The lowest BCUT2D eigenvalue weighted by atomic mass is 9.96. The second-order valence-electron chi connectivity index (χ2n) is 5.36. The number of halogens is 2. The van der Waals surface area contributed by atoms with Gasteiger partial charge in [0, 0.05) is 6.20 Å². The van der Waals surface area contributed by atoms with Crippen LogP contribution >= 0.6 is 27.5 Å². The van der Waals surface area contributed by atoms with Gasteiger partial charge in [-0.15, -0.1) is 0 Å². The molecule has 2 aromatic heterocycles. The largest absolute Gasteiger partial charge is 0.292 e. The Morgan fingerprint density at radius 3 is 2.86 bits per heavy atom. The molecule has 7 heteroatoms. The van der Waals surface area contributed by atoms with Crippen molar-refractivity contribution in [2.24, 2.45) is 0 Å². The molecule has 0 aromatic carbocycles. The molecular weight excluding hydrogens is 356 g/mol. The fraction of sp³-hybridized carbons (Fsp3) is 0.500. The lowest BCUT2D eigenvalue weighted by Crippen LogP contribution is -2.22. The molecule has 1 aliphatic carbocycles. The Labute approximate surface area is 136 Å². The summed E-state index contributed by atoms with van der Waals surface area (Å²) >= 11 is 8.96. The fourth-order valence-electron chi connectivity index (χ4n) is 2.74. The number of aromatic nitrogens is 4. The van der Waals surface area contributed by atoms with E-state index in [9.17, 15) is 4.79 Å². The quantitative estimate of drug-likeness (QED) is 0.777. The van der Waals surface area contributed by atoms with Crippen LogP contribution in [0.2, 0.25) is 5.15 Å². The molecule has 5 nitrogen and oxygen atoms in total. The first-order chi connectivity index (χ1) is 10.1. The van der Waals surface area contributed by atoms with Crippen LogP contribution in [0.25, 0.3) is 0 Å². The highest BCUT2D eigenvalue weighted by Crippen LogP contribution is 2.27. The maximum Gasteiger partial charge on any atom is 0.269 e. The van der Waals surface area contributed by atoms with Gasteiger partial charge in [0.15, 0.2) is 5.15 Å². The van der Waals surface area contributed by atoms with E-state index in [-0.39, 0.29) is 10.7 Å². The molecule has 2 heterocycles. The van der Waals surface area contributed by atoms with E-state index in [4.69, 9.17) is 11.6 Å². The molecule has 0 unspecified atom stereocenters. The molecule has 0 saturated heterocycles. The number of hydrogen-bond acceptors (Lipinski definition) is 3. The lowest BCUT2D eigenvalue weighted by molar-refractivity contribution is 0.328. The molecule has 3 rings (SSSR count). The minimum atomic E-state index is -0.192. The van der Waals surface area contributed by atoms with Gasteiger partial charge in [0.05, 0.1) is 24.6 Å². The maximum atomic E-state index is 12.1. The molecule has 1 aliphatic rings. The van der Waals surface area contributed by atoms with Crippen LogP contribution in [0.4, 0.5) is 0 Å². The number of nitrogens with zero attached hydrogens (tertiary/aromatic N) is 4. The number of hydrogen-bond donors (Lipinski definition) is 0. The molecule has 0 amide bonds. The summed E-state index contributed by atoms with van der Waals surface area (Å²) in [5.74, 6) is 0. The van der Waals surface area contributed by atoms with E-state index >= 15 is 0 Å². The second kappa shape index (κ2) is 6.32. The van der Waals surface area contributed by atoms with Crippen LogP contribution in [0.3, 0.4) is 0 Å². The van der Waals surface area contributed by atoms with Crippen LogP contribution < -0.4 is 5.56 Å². The van der Waals surface area contributed by atoms with Crippen molar-refractivity contribution in [3.05, 3.63) is 44.3 Å². The van der Waals surface area contributed by atoms with Gasteiger partial charge in [-0.2, -0.15) is 5.10 Å². The highest BCUT2D eigenvalue weighted by molar-refractivity contribution is 9.10. The molecule has 0 aliphatic heterocycles. The van der Waals surface area contributed by atoms with Crippen molar-refractivity contribution >= 4 is 27.5 Å².